The molecule has 21 fully saturated rings. The van der Waals surface area contributed by atoms with Crippen LogP contribution in [0.25, 0.3) is 32.3 Å². The molecule has 21 saturated heterocycles. The first kappa shape index (κ1) is 72.3. The zero-order valence-corrected chi connectivity index (χ0v) is 51.1. The van der Waals surface area contributed by atoms with E-state index in [1.165, 1.54) is 0 Å². The van der Waals surface area contributed by atoms with Gasteiger partial charge in [-0.05, 0) is 57.3 Å². The van der Waals surface area contributed by atoms with Crippen LogP contribution in [-0.4, -0.2) is 370 Å². The molecule has 4 aromatic rings. The zero-order valence-electron chi connectivity index (χ0n) is 51.1. The highest BCUT2D eigenvalue weighted by molar-refractivity contribution is 6.23. The van der Waals surface area contributed by atoms with Crippen molar-refractivity contribution in [3.8, 4) is 0 Å². The molecule has 0 spiro atoms. The molecule has 25 rings (SSSR count). The van der Waals surface area contributed by atoms with E-state index in [4.69, 9.17) is 66.3 Å². The number of aliphatic hydroxyl groups excluding tert-OH is 20. The van der Waals surface area contributed by atoms with Crippen LogP contribution in [0.15, 0.2) is 54.6 Å². The molecule has 21 aliphatic rings. The molecular formula is C61H85NO34. The van der Waals surface area contributed by atoms with Crippen LogP contribution < -0.4 is 5.32 Å². The fourth-order valence-corrected chi connectivity index (χ4v) is 14.1. The largest absolute Gasteiger partial charge is 0.394 e. The minimum Gasteiger partial charge on any atom is -0.394 e. The summed E-state index contributed by atoms with van der Waals surface area (Å²) in [5, 5.41) is 236. The highest BCUT2D eigenvalue weighted by Crippen LogP contribution is 2.41. The molecule has 0 amide bonds. The Bertz CT molecular complexity index is 3110. The van der Waals surface area contributed by atoms with E-state index < -0.39 is 255 Å². The quantitative estimate of drug-likeness (QED) is 0.0463. The smallest absolute Gasteiger partial charge is 0.187 e. The average Bonchev–Trinajstić information content (AvgIpc) is 0.750. The molecule has 35 heteroatoms. The minimum atomic E-state index is -2.21. The standard InChI is InChI=1S/C61H85NO34/c63-14-26-49-36(71)43(78)57(85-26)93-51-28(16-65)87-59(45(80)38(51)73)95-53-30(18-67)89-61(47(82)40(53)75)96-54-31(19-68)88-60(46(81)39(54)74)94-52-29(17-66)86-58(44(79)37(52)72)92-50-27(15-64)84-56(42(77)35(50)70)90-48-25(83-55(91-49)41(76)34(48)69)13-62-12-2-5-20-6-7-23-9-8-21-3-1-4-22-10-11-24(20)33(23)32(21)22/h1,3-4,6-11,25-31,34-82H,2,5,12-19H2/t25-,26-,27-,28-,29-,30-,31-,34-,35-,36-,37-,38-,39-,40-,41-,42-,43-,44-,45-,46-,47-,48-,49-,50-,51-,52-,53-,54-,55-,56-,57-,58-,59-,60-,61-/m1/s1. The van der Waals surface area contributed by atoms with Crippen molar-refractivity contribution in [1.29, 1.82) is 0 Å². The van der Waals surface area contributed by atoms with Gasteiger partial charge in [0.2, 0.25) is 0 Å². The maximum Gasteiger partial charge on any atom is 0.187 e. The molecule has 0 aliphatic carbocycles. The highest BCUT2D eigenvalue weighted by atomic mass is 16.8. The summed E-state index contributed by atoms with van der Waals surface area (Å²) in [4.78, 5) is 0. The van der Waals surface area contributed by atoms with Crippen LogP contribution >= 0.6 is 0 Å². The Morgan fingerprint density at radius 2 is 0.521 bits per heavy atom. The van der Waals surface area contributed by atoms with Crippen LogP contribution in [0.1, 0.15) is 12.0 Å². The van der Waals surface area contributed by atoms with E-state index in [9.17, 15) is 102 Å². The maximum atomic E-state index is 12.0. The molecule has 96 heavy (non-hydrogen) atoms. The normalized spacial score (nSPS) is 46.9. The molecule has 538 valence electrons. The van der Waals surface area contributed by atoms with Gasteiger partial charge in [0.1, 0.15) is 171 Å². The molecule has 21 heterocycles. The molecule has 21 N–H and O–H groups in total. The lowest BCUT2D eigenvalue weighted by Gasteiger charge is -2.50. The van der Waals surface area contributed by atoms with Crippen LogP contribution in [-0.2, 0) is 72.7 Å². The Balaban J connectivity index is 0.816. The van der Waals surface area contributed by atoms with Gasteiger partial charge >= 0.3 is 0 Å². The fraction of sp³-hybridized carbons (Fsp3) is 0.738. The lowest BCUT2D eigenvalue weighted by atomic mass is 9.91. The van der Waals surface area contributed by atoms with Crippen molar-refractivity contribution >= 4 is 32.3 Å². The van der Waals surface area contributed by atoms with Gasteiger partial charge in [-0.1, -0.05) is 54.6 Å². The first-order valence-electron chi connectivity index (χ1n) is 31.8. The Morgan fingerprint density at radius 3 is 0.812 bits per heavy atom. The molecule has 0 saturated carbocycles. The average molecular weight is 1380 g/mol. The SMILES string of the molecule is OC[C@H]1O[C@@H]2O[C@H]3[C@H](O)[C@@H](O)[C@@H](O[C@H]4[C@H](O)[C@@H](O)[C@@H](O[C@H]5[C@H](O)[C@@H](O)[C@@H](O[C@H]6[C@H](O)[C@@H](O)[C@@H](O[C@H]7[C@H](O)[C@@H](O)[C@@H](O[C@H]8[C@H](O)[C@@H](O)[C@@H](O[C@H]1[C@H](O)[C@H]2O)O[C@@H]8CO)O[C@@H]7CO)O[C@@H]6CO)O[C@@H]5CNCCCc1ccc2ccc5cccc6ccc1c2c56)O[C@@H]4CO)O[C@@H]3CO. The summed E-state index contributed by atoms with van der Waals surface area (Å²) < 4.78 is 82.3. The van der Waals surface area contributed by atoms with Crippen molar-refractivity contribution in [2.24, 2.45) is 0 Å². The third kappa shape index (κ3) is 13.8. The van der Waals surface area contributed by atoms with Gasteiger partial charge in [0.25, 0.3) is 0 Å². The van der Waals surface area contributed by atoms with Crippen LogP contribution in [0.2, 0.25) is 0 Å². The van der Waals surface area contributed by atoms with Gasteiger partial charge in [-0.3, -0.25) is 0 Å². The third-order valence-corrected chi connectivity index (χ3v) is 19.4. The number of hydrogen-bond donors (Lipinski definition) is 21. The van der Waals surface area contributed by atoms with Crippen LogP contribution in [0, 0.1) is 0 Å². The highest BCUT2D eigenvalue weighted by Gasteiger charge is 2.60. The summed E-state index contributed by atoms with van der Waals surface area (Å²) in [5.74, 6) is 0. The molecule has 35 nitrogen and oxygen atoms in total. The van der Waals surface area contributed by atoms with E-state index in [1.54, 1.807) is 0 Å². The molecule has 0 aromatic heterocycles. The van der Waals surface area contributed by atoms with Crippen molar-refractivity contribution in [3.05, 3.63) is 60.2 Å². The number of benzene rings is 4. The van der Waals surface area contributed by atoms with Gasteiger partial charge in [-0.2, -0.15) is 0 Å². The van der Waals surface area contributed by atoms with Crippen molar-refractivity contribution in [2.45, 2.75) is 228 Å². The third-order valence-electron chi connectivity index (χ3n) is 19.4. The first-order chi connectivity index (χ1) is 46.1. The fourth-order valence-electron chi connectivity index (χ4n) is 14.1. The number of aliphatic hydroxyl groups is 20. The van der Waals surface area contributed by atoms with Gasteiger partial charge in [-0.25, -0.2) is 0 Å². The summed E-state index contributed by atoms with van der Waals surface area (Å²) in [7, 11) is 0. The minimum absolute atomic E-state index is 0.243. The van der Waals surface area contributed by atoms with Gasteiger partial charge in [0.05, 0.1) is 39.6 Å². The summed E-state index contributed by atoms with van der Waals surface area (Å²) in [5.41, 5.74) is 1.05. The van der Waals surface area contributed by atoms with Crippen molar-refractivity contribution < 1.29 is 168 Å². The van der Waals surface area contributed by atoms with Gasteiger partial charge in [-0.15, -0.1) is 0 Å². The van der Waals surface area contributed by atoms with Crippen molar-refractivity contribution in [1.82, 2.24) is 5.32 Å². The molecule has 21 aliphatic heterocycles. The second kappa shape index (κ2) is 30.6. The Kier molecular flexibility index (Phi) is 23.1. The second-order valence-corrected chi connectivity index (χ2v) is 25.4. The van der Waals surface area contributed by atoms with Gasteiger partial charge in [0, 0.05) is 6.54 Å². The Labute approximate surface area is 545 Å². The zero-order chi connectivity index (χ0) is 68.3. The molecule has 14 bridgehead atoms. The second-order valence-electron chi connectivity index (χ2n) is 25.4. The molecule has 0 unspecified atom stereocenters. The van der Waals surface area contributed by atoms with Crippen LogP contribution in [0.5, 0.6) is 0 Å². The van der Waals surface area contributed by atoms with E-state index in [-0.39, 0.29) is 13.1 Å². The lowest BCUT2D eigenvalue weighted by molar-refractivity contribution is -0.396. The number of rotatable bonds is 12. The molecule has 35 atom stereocenters. The van der Waals surface area contributed by atoms with Crippen LogP contribution in [0.4, 0.5) is 0 Å². The maximum absolute atomic E-state index is 12.0. The summed E-state index contributed by atoms with van der Waals surface area (Å²) in [6, 6.07) is 18.5. The van der Waals surface area contributed by atoms with Gasteiger partial charge in [0.15, 0.2) is 44.0 Å². The predicted molar refractivity (Wildman–Crippen MR) is 313 cm³/mol. The molecule has 0 radical (unpaired) electrons. The van der Waals surface area contributed by atoms with Crippen LogP contribution in [0.3, 0.4) is 0 Å². The monoisotopic (exact) mass is 1380 g/mol. The van der Waals surface area contributed by atoms with E-state index in [0.29, 0.717) is 12.8 Å². The summed E-state index contributed by atoms with van der Waals surface area (Å²) in [6.45, 7) is -6.18. The lowest BCUT2D eigenvalue weighted by Crippen LogP contribution is -2.68. The number of nitrogens with one attached hydrogen (secondary N) is 1. The first-order valence-corrected chi connectivity index (χ1v) is 31.8. The number of hydrogen-bond acceptors (Lipinski definition) is 35. The van der Waals surface area contributed by atoms with Crippen molar-refractivity contribution in [2.75, 3.05) is 52.7 Å². The number of ether oxygens (including phenoxy) is 14. The number of aryl methyl sites for hydroxylation is 1. The Morgan fingerprint density at radius 1 is 0.271 bits per heavy atom. The van der Waals surface area contributed by atoms with E-state index in [1.807, 2.05) is 12.1 Å². The summed E-state index contributed by atoms with van der Waals surface area (Å²) >= 11 is 0. The van der Waals surface area contributed by atoms with E-state index in [2.05, 4.69) is 47.8 Å². The predicted octanol–water partition coefficient (Wildman–Crippen LogP) is -10.1. The van der Waals surface area contributed by atoms with Crippen molar-refractivity contribution in [3.63, 3.8) is 0 Å². The van der Waals surface area contributed by atoms with Gasteiger partial charge < -0.3 is 174 Å². The summed E-state index contributed by atoms with van der Waals surface area (Å²) in [6.07, 6.45) is -68.4. The Hall–Kier alpha value is -3.48. The molecular weight excluding hydrogens is 1290 g/mol. The van der Waals surface area contributed by atoms with E-state index >= 15 is 0 Å². The van der Waals surface area contributed by atoms with E-state index in [0.717, 1.165) is 37.9 Å². The molecule has 4 aromatic carbocycles. The topological polar surface area (TPSA) is 546 Å².